The normalized spacial score (nSPS) is 27.7. The van der Waals surface area contributed by atoms with Crippen LogP contribution in [0.25, 0.3) is 10.4 Å². The molecule has 0 bridgehead atoms. The van der Waals surface area contributed by atoms with E-state index in [0.717, 1.165) is 0 Å². The van der Waals surface area contributed by atoms with Gasteiger partial charge in [0, 0.05) is 4.91 Å². The van der Waals surface area contributed by atoms with Crippen molar-refractivity contribution >= 4 is 12.1 Å². The summed E-state index contributed by atoms with van der Waals surface area (Å²) in [6, 6.07) is -1.73. The summed E-state index contributed by atoms with van der Waals surface area (Å²) in [5, 5.41) is 16.1. The summed E-state index contributed by atoms with van der Waals surface area (Å²) in [4.78, 5) is 26.5. The first-order valence-electron chi connectivity index (χ1n) is 7.08. The number of hydrogen-bond acceptors (Lipinski definition) is 6. The van der Waals surface area contributed by atoms with E-state index in [4.69, 9.17) is 15.0 Å². The predicted octanol–water partition coefficient (Wildman–Crippen LogP) is 1.50. The van der Waals surface area contributed by atoms with Gasteiger partial charge in [-0.1, -0.05) is 5.11 Å². The maximum atomic E-state index is 12.0. The Bertz CT molecular complexity index is 470. The van der Waals surface area contributed by atoms with Gasteiger partial charge in [0.2, 0.25) is 0 Å². The highest BCUT2D eigenvalue weighted by molar-refractivity contribution is 5.76. The van der Waals surface area contributed by atoms with Crippen molar-refractivity contribution < 1.29 is 24.2 Å². The van der Waals surface area contributed by atoms with Crippen molar-refractivity contribution in [3.63, 3.8) is 0 Å². The molecule has 0 spiro atoms. The molecule has 0 unspecified atom stereocenters. The molecule has 2 N–H and O–H groups in total. The van der Waals surface area contributed by atoms with Crippen molar-refractivity contribution in [2.45, 2.75) is 57.9 Å². The SMILES string of the molecule is CCOC(=O)[C@@H]1C[C@@H](N=[N+]=[N-])[C@H](O)[C@H]1NC(=O)OC(C)(C)C. The number of nitrogens with zero attached hydrogens (tertiary/aromatic N) is 3. The molecule has 9 nitrogen and oxygen atoms in total. The number of aliphatic hydroxyl groups excluding tert-OH is 1. The van der Waals surface area contributed by atoms with Crippen LogP contribution in [0, 0.1) is 5.92 Å². The third kappa shape index (κ3) is 4.78. The highest BCUT2D eigenvalue weighted by Crippen LogP contribution is 2.30. The zero-order chi connectivity index (χ0) is 16.9. The Labute approximate surface area is 128 Å². The van der Waals surface area contributed by atoms with E-state index >= 15 is 0 Å². The van der Waals surface area contributed by atoms with Crippen LogP contribution in [-0.4, -0.2) is 47.6 Å². The van der Waals surface area contributed by atoms with Gasteiger partial charge in [-0.05, 0) is 39.6 Å². The number of aliphatic hydroxyl groups is 1. The van der Waals surface area contributed by atoms with Gasteiger partial charge in [-0.25, -0.2) is 4.79 Å². The molecule has 0 aliphatic heterocycles. The molecule has 0 aromatic rings. The lowest BCUT2D eigenvalue weighted by Gasteiger charge is -2.25. The highest BCUT2D eigenvalue weighted by Gasteiger charge is 2.47. The summed E-state index contributed by atoms with van der Waals surface area (Å²) < 4.78 is 10.1. The molecule has 0 aromatic carbocycles. The standard InChI is InChI=1S/C13H22N4O5/c1-5-21-11(19)7-6-8(16-17-14)10(18)9(7)15-12(20)22-13(2,3)4/h7-10,18H,5-6H2,1-4H3,(H,15,20)/t7-,8-,9+,10+/m1/s1. The molecule has 9 heteroatoms. The molecule has 0 aromatic heterocycles. The lowest BCUT2D eigenvalue weighted by atomic mass is 10.0. The number of esters is 1. The highest BCUT2D eigenvalue weighted by atomic mass is 16.6. The van der Waals surface area contributed by atoms with Gasteiger partial charge >= 0.3 is 12.1 Å². The van der Waals surface area contributed by atoms with Gasteiger partial charge in [0.05, 0.1) is 30.7 Å². The quantitative estimate of drug-likeness (QED) is 0.351. The number of hydrogen-bond donors (Lipinski definition) is 2. The lowest BCUT2D eigenvalue weighted by Crippen LogP contribution is -2.49. The second kappa shape index (κ2) is 7.33. The Morgan fingerprint density at radius 2 is 2.09 bits per heavy atom. The maximum absolute atomic E-state index is 12.0. The lowest BCUT2D eigenvalue weighted by molar-refractivity contribution is -0.148. The molecule has 1 amide bonds. The minimum absolute atomic E-state index is 0.102. The predicted molar refractivity (Wildman–Crippen MR) is 76.8 cm³/mol. The summed E-state index contributed by atoms with van der Waals surface area (Å²) in [5.74, 6) is -1.35. The molecule has 1 fully saturated rings. The smallest absolute Gasteiger partial charge is 0.407 e. The van der Waals surface area contributed by atoms with Crippen LogP contribution < -0.4 is 5.32 Å². The van der Waals surface area contributed by atoms with E-state index in [0.29, 0.717) is 0 Å². The zero-order valence-electron chi connectivity index (χ0n) is 13.1. The molecule has 1 aliphatic rings. The number of amides is 1. The molecule has 0 heterocycles. The van der Waals surface area contributed by atoms with E-state index in [1.165, 1.54) is 0 Å². The van der Waals surface area contributed by atoms with Crippen LogP contribution >= 0.6 is 0 Å². The van der Waals surface area contributed by atoms with Crippen LogP contribution in [0.15, 0.2) is 5.11 Å². The number of nitrogens with one attached hydrogen (secondary N) is 1. The Morgan fingerprint density at radius 1 is 1.45 bits per heavy atom. The van der Waals surface area contributed by atoms with E-state index < -0.39 is 41.8 Å². The third-order valence-electron chi connectivity index (χ3n) is 3.16. The fraction of sp³-hybridized carbons (Fsp3) is 0.846. The van der Waals surface area contributed by atoms with Gasteiger partial charge in [0.1, 0.15) is 5.60 Å². The Hall–Kier alpha value is -1.99. The second-order valence-corrected chi connectivity index (χ2v) is 6.03. The molecule has 1 rings (SSSR count). The molecule has 4 atom stereocenters. The van der Waals surface area contributed by atoms with Gasteiger partial charge in [0.25, 0.3) is 0 Å². The number of carbonyl (C=O) groups is 2. The van der Waals surface area contributed by atoms with Gasteiger partial charge in [-0.15, -0.1) is 0 Å². The van der Waals surface area contributed by atoms with Crippen molar-refractivity contribution in [2.24, 2.45) is 11.0 Å². The maximum Gasteiger partial charge on any atom is 0.407 e. The summed E-state index contributed by atoms with van der Waals surface area (Å²) in [7, 11) is 0. The zero-order valence-corrected chi connectivity index (χ0v) is 13.1. The van der Waals surface area contributed by atoms with Crippen LogP contribution in [0.4, 0.5) is 4.79 Å². The number of rotatable bonds is 4. The first-order valence-corrected chi connectivity index (χ1v) is 7.08. The van der Waals surface area contributed by atoms with Crippen molar-refractivity contribution in [1.29, 1.82) is 0 Å². The minimum Gasteiger partial charge on any atom is -0.466 e. The van der Waals surface area contributed by atoms with Gasteiger partial charge in [0.15, 0.2) is 0 Å². The van der Waals surface area contributed by atoms with E-state index in [1.54, 1.807) is 27.7 Å². The molecular formula is C13H22N4O5. The van der Waals surface area contributed by atoms with Crippen LogP contribution in [0.1, 0.15) is 34.1 Å². The molecule has 1 saturated carbocycles. The summed E-state index contributed by atoms with van der Waals surface area (Å²) in [6.45, 7) is 6.93. The Morgan fingerprint density at radius 3 is 2.59 bits per heavy atom. The average molecular weight is 314 g/mol. The topological polar surface area (TPSA) is 134 Å². The molecule has 1 aliphatic carbocycles. The van der Waals surface area contributed by atoms with Crippen molar-refractivity contribution in [3.05, 3.63) is 10.4 Å². The molecule has 124 valence electrons. The Kier molecular flexibility index (Phi) is 6.01. The second-order valence-electron chi connectivity index (χ2n) is 6.03. The van der Waals surface area contributed by atoms with Crippen LogP contribution in [0.5, 0.6) is 0 Å². The molecule has 22 heavy (non-hydrogen) atoms. The summed E-state index contributed by atoms with van der Waals surface area (Å²) in [5.41, 5.74) is 7.80. The summed E-state index contributed by atoms with van der Waals surface area (Å²) >= 11 is 0. The van der Waals surface area contributed by atoms with E-state index in [-0.39, 0.29) is 13.0 Å². The van der Waals surface area contributed by atoms with Gasteiger partial charge < -0.3 is 19.9 Å². The van der Waals surface area contributed by atoms with Crippen molar-refractivity contribution in [1.82, 2.24) is 5.32 Å². The number of carbonyl (C=O) groups excluding carboxylic acids is 2. The molecule has 0 saturated heterocycles. The minimum atomic E-state index is -1.18. The molecule has 0 radical (unpaired) electrons. The van der Waals surface area contributed by atoms with Gasteiger partial charge in [-0.3, -0.25) is 4.79 Å². The number of azide groups is 1. The third-order valence-corrected chi connectivity index (χ3v) is 3.16. The van der Waals surface area contributed by atoms with Crippen molar-refractivity contribution in [2.75, 3.05) is 6.61 Å². The fourth-order valence-corrected chi connectivity index (χ4v) is 2.33. The van der Waals surface area contributed by atoms with Gasteiger partial charge in [-0.2, -0.15) is 0 Å². The summed E-state index contributed by atoms with van der Waals surface area (Å²) in [6.07, 6.45) is -1.84. The number of ether oxygens (including phenoxy) is 2. The number of alkyl carbamates (subject to hydrolysis) is 1. The first-order chi connectivity index (χ1) is 10.2. The van der Waals surface area contributed by atoms with E-state index in [2.05, 4.69) is 15.3 Å². The van der Waals surface area contributed by atoms with E-state index in [9.17, 15) is 14.7 Å². The van der Waals surface area contributed by atoms with Crippen molar-refractivity contribution in [3.8, 4) is 0 Å². The van der Waals surface area contributed by atoms with Crippen LogP contribution in [0.3, 0.4) is 0 Å². The average Bonchev–Trinajstić information content (AvgIpc) is 2.66. The largest absolute Gasteiger partial charge is 0.466 e. The van der Waals surface area contributed by atoms with Crippen LogP contribution in [-0.2, 0) is 14.3 Å². The fourth-order valence-electron chi connectivity index (χ4n) is 2.33. The first kappa shape index (κ1) is 18.1. The molecular weight excluding hydrogens is 292 g/mol. The van der Waals surface area contributed by atoms with E-state index in [1.807, 2.05) is 0 Å². The Balaban J connectivity index is 2.87. The monoisotopic (exact) mass is 314 g/mol. The van der Waals surface area contributed by atoms with Crippen LogP contribution in [0.2, 0.25) is 0 Å².